The number of benzene rings is 2. The zero-order valence-electron chi connectivity index (χ0n) is 14.4. The number of carbonyl (C=O) groups excluding carboxylic acids is 3. The monoisotopic (exact) mass is 351 g/mol. The van der Waals surface area contributed by atoms with Crippen LogP contribution in [0.5, 0.6) is 0 Å². The van der Waals surface area contributed by atoms with Gasteiger partial charge in [0.25, 0.3) is 0 Å². The van der Waals surface area contributed by atoms with Crippen LogP contribution < -0.4 is 16.0 Å². The van der Waals surface area contributed by atoms with E-state index < -0.39 is 5.91 Å². The summed E-state index contributed by atoms with van der Waals surface area (Å²) >= 11 is 0. The molecule has 1 heterocycles. The molecule has 1 fully saturated rings. The molecule has 0 radical (unpaired) electrons. The second-order valence-electron chi connectivity index (χ2n) is 6.35. The topological polar surface area (TPSA) is 92.5 Å². The number of rotatable bonds is 6. The van der Waals surface area contributed by atoms with Crippen molar-refractivity contribution in [1.82, 2.24) is 5.32 Å². The highest BCUT2D eigenvalue weighted by atomic mass is 16.2. The predicted molar refractivity (Wildman–Crippen MR) is 98.6 cm³/mol. The maximum absolute atomic E-state index is 12.4. The summed E-state index contributed by atoms with van der Waals surface area (Å²) in [6, 6.07) is 16.4. The first-order valence-electron chi connectivity index (χ1n) is 8.56. The summed E-state index contributed by atoms with van der Waals surface area (Å²) in [6.45, 7) is 0.836. The lowest BCUT2D eigenvalue weighted by atomic mass is 10.1. The largest absolute Gasteiger partial charge is 0.366 e. The van der Waals surface area contributed by atoms with Crippen LogP contribution in [0.4, 0.5) is 5.69 Å². The fourth-order valence-corrected chi connectivity index (χ4v) is 3.10. The molecule has 3 N–H and O–H groups in total. The molecule has 0 saturated carbocycles. The van der Waals surface area contributed by atoms with E-state index in [1.807, 2.05) is 36.4 Å². The Bertz CT molecular complexity index is 820. The second-order valence-corrected chi connectivity index (χ2v) is 6.35. The van der Waals surface area contributed by atoms with E-state index in [1.165, 1.54) is 0 Å². The van der Waals surface area contributed by atoms with Gasteiger partial charge in [0.2, 0.25) is 17.7 Å². The van der Waals surface area contributed by atoms with Crippen LogP contribution in [0.2, 0.25) is 0 Å². The summed E-state index contributed by atoms with van der Waals surface area (Å²) in [5, 5.41) is 2.88. The van der Waals surface area contributed by atoms with Crippen LogP contribution in [0.1, 0.15) is 22.3 Å². The maximum atomic E-state index is 12.4. The van der Waals surface area contributed by atoms with E-state index >= 15 is 0 Å². The molecule has 1 saturated heterocycles. The Morgan fingerprint density at radius 3 is 2.62 bits per heavy atom. The molecule has 1 aliphatic rings. The van der Waals surface area contributed by atoms with Crippen molar-refractivity contribution >= 4 is 23.4 Å². The number of nitrogens with zero attached hydrogens (tertiary/aromatic N) is 1. The normalized spacial score (nSPS) is 16.5. The van der Waals surface area contributed by atoms with Gasteiger partial charge >= 0.3 is 0 Å². The van der Waals surface area contributed by atoms with E-state index in [1.54, 1.807) is 23.1 Å². The molecule has 0 spiro atoms. The molecule has 134 valence electrons. The molecule has 0 aliphatic carbocycles. The first-order valence-corrected chi connectivity index (χ1v) is 8.56. The average molecular weight is 351 g/mol. The van der Waals surface area contributed by atoms with Crippen LogP contribution in [-0.4, -0.2) is 30.8 Å². The molecular weight excluding hydrogens is 330 g/mol. The standard InChI is InChI=1S/C20H21N3O3/c21-19(25)15-6-4-5-14(11-15)9-10-22-20(26)16-12-18(24)23(13-16)17-7-2-1-3-8-17/h1-8,11,16H,9-10,12-13H2,(H2,21,25)(H,22,26). The minimum atomic E-state index is -0.471. The molecule has 0 aromatic heterocycles. The number of amides is 3. The van der Waals surface area contributed by atoms with E-state index in [4.69, 9.17) is 5.73 Å². The third kappa shape index (κ3) is 4.08. The van der Waals surface area contributed by atoms with E-state index in [0.717, 1.165) is 11.3 Å². The zero-order chi connectivity index (χ0) is 18.5. The lowest BCUT2D eigenvalue weighted by Gasteiger charge is -2.16. The number of hydrogen-bond donors (Lipinski definition) is 2. The fourth-order valence-electron chi connectivity index (χ4n) is 3.10. The number of nitrogens with two attached hydrogens (primary N) is 1. The first kappa shape index (κ1) is 17.7. The molecular formula is C20H21N3O3. The summed E-state index contributed by atoms with van der Waals surface area (Å²) < 4.78 is 0. The van der Waals surface area contributed by atoms with Crippen LogP contribution >= 0.6 is 0 Å². The minimum Gasteiger partial charge on any atom is -0.366 e. The highest BCUT2D eigenvalue weighted by molar-refractivity contribution is 6.00. The quantitative estimate of drug-likeness (QED) is 0.826. The van der Waals surface area contributed by atoms with Gasteiger partial charge in [-0.25, -0.2) is 0 Å². The highest BCUT2D eigenvalue weighted by Gasteiger charge is 2.34. The van der Waals surface area contributed by atoms with Crippen LogP contribution in [0.25, 0.3) is 0 Å². The molecule has 3 rings (SSSR count). The van der Waals surface area contributed by atoms with Crippen molar-refractivity contribution in [2.45, 2.75) is 12.8 Å². The minimum absolute atomic E-state index is 0.0366. The van der Waals surface area contributed by atoms with Crippen LogP contribution in [0.15, 0.2) is 54.6 Å². The first-order chi connectivity index (χ1) is 12.5. The third-order valence-electron chi connectivity index (χ3n) is 4.49. The lowest BCUT2D eigenvalue weighted by Crippen LogP contribution is -2.34. The smallest absolute Gasteiger partial charge is 0.248 e. The van der Waals surface area contributed by atoms with E-state index in [0.29, 0.717) is 25.1 Å². The number of hydrogen-bond acceptors (Lipinski definition) is 3. The molecule has 1 unspecified atom stereocenters. The summed E-state index contributed by atoms with van der Waals surface area (Å²) in [7, 11) is 0. The van der Waals surface area contributed by atoms with Gasteiger partial charge in [0.15, 0.2) is 0 Å². The van der Waals surface area contributed by atoms with Gasteiger partial charge in [-0.3, -0.25) is 14.4 Å². The third-order valence-corrected chi connectivity index (χ3v) is 4.49. The van der Waals surface area contributed by atoms with E-state index in [2.05, 4.69) is 5.32 Å². The van der Waals surface area contributed by atoms with Crippen molar-refractivity contribution in [2.24, 2.45) is 11.7 Å². The lowest BCUT2D eigenvalue weighted by molar-refractivity contribution is -0.126. The van der Waals surface area contributed by atoms with Gasteiger partial charge in [-0.2, -0.15) is 0 Å². The van der Waals surface area contributed by atoms with Crippen molar-refractivity contribution in [3.05, 3.63) is 65.7 Å². The predicted octanol–water partition coefficient (Wildman–Crippen LogP) is 1.50. The molecule has 6 nitrogen and oxygen atoms in total. The van der Waals surface area contributed by atoms with E-state index in [9.17, 15) is 14.4 Å². The Balaban J connectivity index is 1.52. The van der Waals surface area contributed by atoms with Gasteiger partial charge in [0, 0.05) is 30.8 Å². The van der Waals surface area contributed by atoms with Gasteiger partial charge in [-0.05, 0) is 36.2 Å². The number of nitrogens with one attached hydrogen (secondary N) is 1. The molecule has 6 heteroatoms. The summed E-state index contributed by atoms with van der Waals surface area (Å²) in [6.07, 6.45) is 0.813. The van der Waals surface area contributed by atoms with Crippen molar-refractivity contribution in [3.63, 3.8) is 0 Å². The van der Waals surface area contributed by atoms with Gasteiger partial charge < -0.3 is 16.0 Å². The van der Waals surface area contributed by atoms with Crippen LogP contribution in [0, 0.1) is 5.92 Å². The van der Waals surface area contributed by atoms with Gasteiger partial charge in [-0.1, -0.05) is 30.3 Å². The fraction of sp³-hybridized carbons (Fsp3) is 0.250. The summed E-state index contributed by atoms with van der Waals surface area (Å²) in [4.78, 5) is 37.4. The zero-order valence-corrected chi connectivity index (χ0v) is 14.4. The second kappa shape index (κ2) is 7.82. The highest BCUT2D eigenvalue weighted by Crippen LogP contribution is 2.24. The summed E-state index contributed by atoms with van der Waals surface area (Å²) in [5.74, 6) is -0.977. The van der Waals surface area contributed by atoms with Gasteiger partial charge in [0.05, 0.1) is 5.92 Å². The number of para-hydroxylation sites is 1. The van der Waals surface area contributed by atoms with Crippen molar-refractivity contribution < 1.29 is 14.4 Å². The Labute approximate surface area is 152 Å². The molecule has 1 aliphatic heterocycles. The van der Waals surface area contributed by atoms with Crippen LogP contribution in [0.3, 0.4) is 0 Å². The molecule has 26 heavy (non-hydrogen) atoms. The maximum Gasteiger partial charge on any atom is 0.248 e. The number of anilines is 1. The Hall–Kier alpha value is -3.15. The van der Waals surface area contributed by atoms with Gasteiger partial charge in [-0.15, -0.1) is 0 Å². The van der Waals surface area contributed by atoms with E-state index in [-0.39, 0.29) is 24.2 Å². The van der Waals surface area contributed by atoms with Crippen molar-refractivity contribution in [1.29, 1.82) is 0 Å². The number of primary amides is 1. The molecule has 2 aromatic rings. The molecule has 0 bridgehead atoms. The average Bonchev–Trinajstić information content (AvgIpc) is 3.04. The summed E-state index contributed by atoms with van der Waals surface area (Å²) in [5.41, 5.74) is 7.47. The van der Waals surface area contributed by atoms with Crippen molar-refractivity contribution in [3.8, 4) is 0 Å². The number of carbonyl (C=O) groups is 3. The molecule has 2 aromatic carbocycles. The van der Waals surface area contributed by atoms with Gasteiger partial charge in [0.1, 0.15) is 0 Å². The Morgan fingerprint density at radius 1 is 1.12 bits per heavy atom. The van der Waals surface area contributed by atoms with Crippen molar-refractivity contribution in [2.75, 3.05) is 18.0 Å². The van der Waals surface area contributed by atoms with Crippen LogP contribution in [-0.2, 0) is 16.0 Å². The molecule has 3 amide bonds. The molecule has 1 atom stereocenters. The Kier molecular flexibility index (Phi) is 5.31. The SMILES string of the molecule is NC(=O)c1cccc(CCNC(=O)C2CC(=O)N(c3ccccc3)C2)c1. The Morgan fingerprint density at radius 2 is 1.88 bits per heavy atom.